The number of aliphatic hydroxyl groups excluding tert-OH is 1. The average molecular weight is 512 g/mol. The van der Waals surface area contributed by atoms with E-state index in [1.54, 1.807) is 40.7 Å². The fraction of sp³-hybridized carbons (Fsp3) is 0.231. The predicted octanol–water partition coefficient (Wildman–Crippen LogP) is 5.47. The van der Waals surface area contributed by atoms with E-state index < -0.39 is 12.0 Å². The Hall–Kier alpha value is -3.14. The van der Waals surface area contributed by atoms with Crippen LogP contribution in [0.25, 0.3) is 0 Å². The molecule has 3 N–H and O–H groups in total. The smallest absolute Gasteiger partial charge is 0.268 e. The Kier molecular flexibility index (Phi) is 8.22. The van der Waals surface area contributed by atoms with Crippen LogP contribution in [0.5, 0.6) is 5.75 Å². The monoisotopic (exact) mass is 511 g/mol. The van der Waals surface area contributed by atoms with Crippen LogP contribution in [0.3, 0.4) is 0 Å². The van der Waals surface area contributed by atoms with Crippen molar-refractivity contribution in [3.05, 3.63) is 95.1 Å². The number of carbonyl (C=O) groups excluding carboxylic acids is 1. The van der Waals surface area contributed by atoms with Crippen LogP contribution in [0.15, 0.2) is 81.6 Å². The van der Waals surface area contributed by atoms with Crippen molar-refractivity contribution in [3.8, 4) is 5.75 Å². The molecule has 4 rings (SSSR count). The summed E-state index contributed by atoms with van der Waals surface area (Å²) in [5.41, 5.74) is 7.24. The number of aliphatic hydroxyl groups is 1. The summed E-state index contributed by atoms with van der Waals surface area (Å²) in [7, 11) is 0. The highest BCUT2D eigenvalue weighted by Gasteiger charge is 2.20. The third-order valence-corrected chi connectivity index (χ3v) is 7.61. The van der Waals surface area contributed by atoms with Gasteiger partial charge in [-0.2, -0.15) is 0 Å². The molecule has 0 saturated carbocycles. The number of amides is 1. The zero-order valence-corrected chi connectivity index (χ0v) is 20.8. The number of aryl methyl sites for hydroxylation is 1. The molecule has 6 nitrogen and oxygen atoms in total. The first kappa shape index (κ1) is 25.0. The Morgan fingerprint density at radius 1 is 1.26 bits per heavy atom. The highest BCUT2D eigenvalue weighted by atomic mass is 32.2. The highest BCUT2D eigenvalue weighted by Crippen LogP contribution is 2.31. The van der Waals surface area contributed by atoms with Crippen LogP contribution in [0.1, 0.15) is 41.0 Å². The summed E-state index contributed by atoms with van der Waals surface area (Å²) in [6.07, 6.45) is 3.39. The Morgan fingerprint density at radius 2 is 2.06 bits per heavy atom. The molecule has 0 bridgehead atoms. The van der Waals surface area contributed by atoms with Crippen LogP contribution >= 0.6 is 23.1 Å². The molecule has 0 spiro atoms. The quantitative estimate of drug-likeness (QED) is 0.279. The third kappa shape index (κ3) is 6.72. The van der Waals surface area contributed by atoms with Crippen LogP contribution in [-0.4, -0.2) is 26.7 Å². The van der Waals surface area contributed by atoms with Gasteiger partial charge in [0, 0.05) is 17.2 Å². The molecule has 0 fully saturated rings. The van der Waals surface area contributed by atoms with Crippen molar-refractivity contribution in [1.29, 1.82) is 0 Å². The first-order chi connectivity index (χ1) is 16.9. The van der Waals surface area contributed by atoms with Crippen LogP contribution in [0, 0.1) is 5.82 Å². The summed E-state index contributed by atoms with van der Waals surface area (Å²) >= 11 is 3.41. The largest absolute Gasteiger partial charge is 0.489 e. The van der Waals surface area contributed by atoms with Crippen molar-refractivity contribution in [2.45, 2.75) is 47.6 Å². The van der Waals surface area contributed by atoms with Gasteiger partial charge in [-0.15, -0.1) is 11.3 Å². The molecule has 35 heavy (non-hydrogen) atoms. The minimum Gasteiger partial charge on any atom is -0.489 e. The van der Waals surface area contributed by atoms with E-state index in [4.69, 9.17) is 10.5 Å². The number of ether oxygens (including phenoxy) is 1. The second kappa shape index (κ2) is 11.5. The van der Waals surface area contributed by atoms with E-state index in [0.717, 1.165) is 16.0 Å². The maximum absolute atomic E-state index is 14.0. The van der Waals surface area contributed by atoms with Gasteiger partial charge in [0.25, 0.3) is 5.91 Å². The first-order valence-corrected chi connectivity index (χ1v) is 12.8. The minimum absolute atomic E-state index is 0.140. The number of hydrogen-bond acceptors (Lipinski definition) is 6. The molecule has 0 aliphatic heterocycles. The van der Waals surface area contributed by atoms with Crippen molar-refractivity contribution in [2.24, 2.45) is 5.73 Å². The molecule has 2 aromatic carbocycles. The standard InChI is InChI=1S/C26H26FN3O3S2/c1-17(31)23(30-14-22(26(28)32)29-16-30)11-7-19-6-8-20(27)13-24(19)33-15-18-4-9-21(10-5-18)35-25-3-2-12-34-25/h2-6,8-10,12-14,16-17,23,31H,7,11,15H2,1H3,(H2,28,32). The summed E-state index contributed by atoms with van der Waals surface area (Å²) in [6.45, 7) is 1.99. The molecular formula is C26H26FN3O3S2. The van der Waals surface area contributed by atoms with Gasteiger partial charge in [0.2, 0.25) is 0 Å². The van der Waals surface area contributed by atoms with Crippen molar-refractivity contribution in [2.75, 3.05) is 0 Å². The number of thiophene rings is 1. The molecule has 2 unspecified atom stereocenters. The molecule has 2 atom stereocenters. The van der Waals surface area contributed by atoms with E-state index in [2.05, 4.69) is 16.4 Å². The molecule has 0 aliphatic carbocycles. The van der Waals surface area contributed by atoms with E-state index in [9.17, 15) is 14.3 Å². The SMILES string of the molecule is CC(O)C(CCc1ccc(F)cc1OCc1ccc(Sc2cccs2)cc1)n1cnc(C(N)=O)c1. The Bertz CT molecular complexity index is 1260. The number of imidazole rings is 1. The van der Waals surface area contributed by atoms with E-state index in [1.165, 1.54) is 28.9 Å². The van der Waals surface area contributed by atoms with E-state index in [1.807, 2.05) is 30.3 Å². The molecule has 0 aliphatic rings. The van der Waals surface area contributed by atoms with Gasteiger partial charge in [-0.3, -0.25) is 4.79 Å². The zero-order chi connectivity index (χ0) is 24.8. The van der Waals surface area contributed by atoms with Gasteiger partial charge in [-0.25, -0.2) is 9.37 Å². The van der Waals surface area contributed by atoms with Crippen molar-refractivity contribution < 1.29 is 19.0 Å². The van der Waals surface area contributed by atoms with Gasteiger partial charge >= 0.3 is 0 Å². The average Bonchev–Trinajstić information content (AvgIpc) is 3.52. The van der Waals surface area contributed by atoms with Gasteiger partial charge in [0.1, 0.15) is 23.9 Å². The molecule has 2 heterocycles. The number of nitrogens with zero attached hydrogens (tertiary/aromatic N) is 2. The Morgan fingerprint density at radius 3 is 2.71 bits per heavy atom. The number of benzene rings is 2. The minimum atomic E-state index is -0.694. The molecule has 9 heteroatoms. The lowest BCUT2D eigenvalue weighted by molar-refractivity contribution is 0.0994. The summed E-state index contributed by atoms with van der Waals surface area (Å²) in [6, 6.07) is 16.4. The van der Waals surface area contributed by atoms with Crippen molar-refractivity contribution in [1.82, 2.24) is 9.55 Å². The topological polar surface area (TPSA) is 90.4 Å². The fourth-order valence-corrected chi connectivity index (χ4v) is 5.46. The van der Waals surface area contributed by atoms with Gasteiger partial charge in [0.05, 0.1) is 22.7 Å². The number of aromatic nitrogens is 2. The maximum Gasteiger partial charge on any atom is 0.268 e. The first-order valence-electron chi connectivity index (χ1n) is 11.1. The molecular weight excluding hydrogens is 485 g/mol. The molecule has 4 aromatic rings. The van der Waals surface area contributed by atoms with E-state index in [0.29, 0.717) is 25.2 Å². The summed E-state index contributed by atoms with van der Waals surface area (Å²) in [4.78, 5) is 16.5. The normalized spacial score (nSPS) is 12.9. The lowest BCUT2D eigenvalue weighted by atomic mass is 10.0. The zero-order valence-electron chi connectivity index (χ0n) is 19.1. The van der Waals surface area contributed by atoms with E-state index in [-0.39, 0.29) is 17.6 Å². The maximum atomic E-state index is 14.0. The third-order valence-electron chi connectivity index (χ3n) is 5.56. The van der Waals surface area contributed by atoms with Gasteiger partial charge in [-0.05, 0) is 60.5 Å². The summed E-state index contributed by atoms with van der Waals surface area (Å²) < 4.78 is 22.9. The summed E-state index contributed by atoms with van der Waals surface area (Å²) in [5.74, 6) is -0.533. The lowest BCUT2D eigenvalue weighted by Crippen LogP contribution is -2.21. The highest BCUT2D eigenvalue weighted by molar-refractivity contribution is 8.01. The predicted molar refractivity (Wildman–Crippen MR) is 135 cm³/mol. The van der Waals surface area contributed by atoms with Gasteiger partial charge < -0.3 is 20.1 Å². The molecule has 2 aromatic heterocycles. The molecule has 1 amide bonds. The van der Waals surface area contributed by atoms with Crippen LogP contribution in [0.4, 0.5) is 4.39 Å². The van der Waals surface area contributed by atoms with Crippen LogP contribution in [0.2, 0.25) is 0 Å². The molecule has 182 valence electrons. The van der Waals surface area contributed by atoms with Crippen LogP contribution in [-0.2, 0) is 13.0 Å². The number of halogens is 1. The number of hydrogen-bond donors (Lipinski definition) is 2. The second-order valence-corrected chi connectivity index (χ2v) is 10.5. The summed E-state index contributed by atoms with van der Waals surface area (Å²) in [5, 5.41) is 12.4. The van der Waals surface area contributed by atoms with Crippen molar-refractivity contribution in [3.63, 3.8) is 0 Å². The number of rotatable bonds is 11. The van der Waals surface area contributed by atoms with E-state index >= 15 is 0 Å². The number of carbonyl (C=O) groups is 1. The Balaban J connectivity index is 1.41. The molecule has 0 radical (unpaired) electrons. The van der Waals surface area contributed by atoms with Gasteiger partial charge in [0.15, 0.2) is 0 Å². The van der Waals surface area contributed by atoms with Crippen molar-refractivity contribution >= 4 is 29.0 Å². The number of nitrogens with two attached hydrogens (primary N) is 1. The van der Waals surface area contributed by atoms with Gasteiger partial charge in [-0.1, -0.05) is 36.0 Å². The molecule has 0 saturated heterocycles. The second-order valence-electron chi connectivity index (χ2n) is 8.14. The Labute approximate surface area is 211 Å². The number of primary amides is 1. The fourth-order valence-electron chi connectivity index (χ4n) is 3.71. The lowest BCUT2D eigenvalue weighted by Gasteiger charge is -2.22. The van der Waals surface area contributed by atoms with Crippen LogP contribution < -0.4 is 10.5 Å².